The number of fused-ring (bicyclic) bond motifs is 1. The Morgan fingerprint density at radius 2 is 1.89 bits per heavy atom. The molecule has 2 N–H and O–H groups in total. The molecule has 0 fully saturated rings. The lowest BCUT2D eigenvalue weighted by atomic mass is 10.1. The molecule has 2 aromatic carbocycles. The molecule has 0 aliphatic carbocycles. The topological polar surface area (TPSA) is 52.0 Å². The van der Waals surface area contributed by atoms with Crippen LogP contribution in [-0.2, 0) is 6.42 Å². The molecule has 0 aliphatic rings. The number of nitrogens with two attached hydrogens (primary N) is 1. The van der Waals surface area contributed by atoms with Gasteiger partial charge in [-0.15, -0.1) is 0 Å². The molecule has 1 heterocycles. The fraction of sp³-hybridized carbons (Fsp3) is 0.133. The molecule has 0 spiro atoms. The van der Waals surface area contributed by atoms with Crippen LogP contribution >= 0.6 is 0 Å². The van der Waals surface area contributed by atoms with E-state index < -0.39 is 0 Å². The molecule has 3 aromatic rings. The fourth-order valence-corrected chi connectivity index (χ4v) is 1.95. The molecular weight excluding hydrogens is 224 g/mol. The lowest BCUT2D eigenvalue weighted by molar-refractivity contribution is 0.544. The van der Waals surface area contributed by atoms with Gasteiger partial charge in [0, 0.05) is 12.1 Å². The van der Waals surface area contributed by atoms with E-state index in [1.165, 1.54) is 11.1 Å². The van der Waals surface area contributed by atoms with Gasteiger partial charge in [0.25, 0.3) is 0 Å². The third-order valence-electron chi connectivity index (χ3n) is 2.93. The minimum absolute atomic E-state index is 0.703. The van der Waals surface area contributed by atoms with Crippen LogP contribution in [0.5, 0.6) is 0 Å². The van der Waals surface area contributed by atoms with E-state index in [1.807, 2.05) is 18.2 Å². The van der Waals surface area contributed by atoms with Gasteiger partial charge in [-0.25, -0.2) is 4.98 Å². The van der Waals surface area contributed by atoms with Crippen LogP contribution in [0.2, 0.25) is 0 Å². The van der Waals surface area contributed by atoms with Gasteiger partial charge in [0.05, 0.1) is 0 Å². The van der Waals surface area contributed by atoms with Crippen molar-refractivity contribution in [3.8, 4) is 0 Å². The Kier molecular flexibility index (Phi) is 2.52. The number of aryl methyl sites for hydroxylation is 1. The molecule has 0 bridgehead atoms. The van der Waals surface area contributed by atoms with Crippen molar-refractivity contribution in [2.24, 2.45) is 0 Å². The van der Waals surface area contributed by atoms with Crippen molar-refractivity contribution in [3.63, 3.8) is 0 Å². The summed E-state index contributed by atoms with van der Waals surface area (Å²) in [6.45, 7) is 2.08. The van der Waals surface area contributed by atoms with Crippen molar-refractivity contribution in [3.05, 3.63) is 59.5 Å². The third-order valence-corrected chi connectivity index (χ3v) is 2.93. The first-order valence-electron chi connectivity index (χ1n) is 5.91. The zero-order valence-electron chi connectivity index (χ0n) is 10.2. The number of benzene rings is 2. The van der Waals surface area contributed by atoms with Gasteiger partial charge in [-0.05, 0) is 30.7 Å². The molecule has 3 heteroatoms. The van der Waals surface area contributed by atoms with Crippen LogP contribution in [0.4, 0.5) is 5.69 Å². The highest BCUT2D eigenvalue weighted by Gasteiger charge is 2.06. The van der Waals surface area contributed by atoms with E-state index in [0.29, 0.717) is 12.1 Å². The predicted molar refractivity (Wildman–Crippen MR) is 72.4 cm³/mol. The van der Waals surface area contributed by atoms with Gasteiger partial charge in [0.2, 0.25) is 0 Å². The normalized spacial score (nSPS) is 10.9. The minimum Gasteiger partial charge on any atom is -0.440 e. The van der Waals surface area contributed by atoms with Crippen molar-refractivity contribution < 1.29 is 4.42 Å². The van der Waals surface area contributed by atoms with E-state index in [9.17, 15) is 0 Å². The molecule has 0 radical (unpaired) electrons. The molecule has 3 rings (SSSR count). The van der Waals surface area contributed by atoms with Gasteiger partial charge in [-0.1, -0.05) is 29.8 Å². The Morgan fingerprint density at radius 1 is 1.11 bits per heavy atom. The van der Waals surface area contributed by atoms with Crippen molar-refractivity contribution in [2.75, 3.05) is 5.73 Å². The summed E-state index contributed by atoms with van der Waals surface area (Å²) in [6, 6.07) is 13.9. The molecule has 0 unspecified atom stereocenters. The molecule has 3 nitrogen and oxygen atoms in total. The number of rotatable bonds is 2. The van der Waals surface area contributed by atoms with Crippen LogP contribution < -0.4 is 5.73 Å². The monoisotopic (exact) mass is 238 g/mol. The summed E-state index contributed by atoms with van der Waals surface area (Å²) in [4.78, 5) is 4.44. The van der Waals surface area contributed by atoms with Crippen LogP contribution in [0.3, 0.4) is 0 Å². The fourth-order valence-electron chi connectivity index (χ4n) is 1.95. The van der Waals surface area contributed by atoms with Crippen LogP contribution in [0.1, 0.15) is 17.0 Å². The number of nitrogens with zero attached hydrogens (tertiary/aromatic N) is 1. The Morgan fingerprint density at radius 3 is 2.67 bits per heavy atom. The average molecular weight is 238 g/mol. The number of aromatic nitrogens is 1. The van der Waals surface area contributed by atoms with Crippen molar-refractivity contribution in [1.82, 2.24) is 4.98 Å². The minimum atomic E-state index is 0.703. The number of hydrogen-bond donors (Lipinski definition) is 1. The summed E-state index contributed by atoms with van der Waals surface area (Å²) in [7, 11) is 0. The Hall–Kier alpha value is -2.29. The standard InChI is InChI=1S/C15H14N2O/c1-10-2-4-11(5-3-10)8-15-17-13-9-12(16)6-7-14(13)18-15/h2-7,9H,8,16H2,1H3. The zero-order valence-corrected chi connectivity index (χ0v) is 10.2. The Bertz CT molecular complexity index is 683. The van der Waals surface area contributed by atoms with Gasteiger partial charge < -0.3 is 10.2 Å². The Labute approximate surface area is 105 Å². The third kappa shape index (κ3) is 2.07. The summed E-state index contributed by atoms with van der Waals surface area (Å²) in [5, 5.41) is 0. The average Bonchev–Trinajstić information content (AvgIpc) is 2.73. The SMILES string of the molecule is Cc1ccc(Cc2nc3cc(N)ccc3o2)cc1. The van der Waals surface area contributed by atoms with Crippen molar-refractivity contribution in [1.29, 1.82) is 0 Å². The molecular formula is C15H14N2O. The van der Waals surface area contributed by atoms with Gasteiger partial charge in [-0.3, -0.25) is 0 Å². The second-order valence-corrected chi connectivity index (χ2v) is 4.50. The molecule has 90 valence electrons. The van der Waals surface area contributed by atoms with Gasteiger partial charge >= 0.3 is 0 Å². The molecule has 18 heavy (non-hydrogen) atoms. The van der Waals surface area contributed by atoms with Gasteiger partial charge in [-0.2, -0.15) is 0 Å². The highest BCUT2D eigenvalue weighted by Crippen LogP contribution is 2.20. The van der Waals surface area contributed by atoms with E-state index >= 15 is 0 Å². The first kappa shape index (κ1) is 10.8. The maximum absolute atomic E-state index is 5.72. The molecule has 0 atom stereocenters. The van der Waals surface area contributed by atoms with Crippen LogP contribution in [0, 0.1) is 6.92 Å². The highest BCUT2D eigenvalue weighted by molar-refractivity contribution is 5.76. The van der Waals surface area contributed by atoms with E-state index in [1.54, 1.807) is 0 Å². The van der Waals surface area contributed by atoms with Crippen molar-refractivity contribution >= 4 is 16.8 Å². The molecule has 0 saturated carbocycles. The molecule has 0 amide bonds. The lowest BCUT2D eigenvalue weighted by Gasteiger charge is -1.97. The largest absolute Gasteiger partial charge is 0.440 e. The summed E-state index contributed by atoms with van der Waals surface area (Å²) in [5.41, 5.74) is 10.5. The highest BCUT2D eigenvalue weighted by atomic mass is 16.3. The van der Waals surface area contributed by atoms with E-state index in [-0.39, 0.29) is 0 Å². The van der Waals surface area contributed by atoms with Gasteiger partial charge in [0.1, 0.15) is 5.52 Å². The predicted octanol–water partition coefficient (Wildman–Crippen LogP) is 3.31. The first-order chi connectivity index (χ1) is 8.70. The first-order valence-corrected chi connectivity index (χ1v) is 5.91. The Balaban J connectivity index is 1.92. The molecule has 1 aromatic heterocycles. The quantitative estimate of drug-likeness (QED) is 0.697. The number of oxazole rings is 1. The van der Waals surface area contributed by atoms with E-state index in [4.69, 9.17) is 10.2 Å². The van der Waals surface area contributed by atoms with Crippen LogP contribution in [0.15, 0.2) is 46.9 Å². The van der Waals surface area contributed by atoms with E-state index in [2.05, 4.69) is 36.2 Å². The second kappa shape index (κ2) is 4.18. The molecule has 0 saturated heterocycles. The smallest absolute Gasteiger partial charge is 0.199 e. The summed E-state index contributed by atoms with van der Waals surface area (Å²) < 4.78 is 5.69. The molecule has 0 aliphatic heterocycles. The summed E-state index contributed by atoms with van der Waals surface area (Å²) in [6.07, 6.45) is 0.703. The number of anilines is 1. The van der Waals surface area contributed by atoms with E-state index in [0.717, 1.165) is 17.0 Å². The maximum Gasteiger partial charge on any atom is 0.199 e. The van der Waals surface area contributed by atoms with Crippen LogP contribution in [0.25, 0.3) is 11.1 Å². The lowest BCUT2D eigenvalue weighted by Crippen LogP contribution is -1.88. The van der Waals surface area contributed by atoms with Crippen molar-refractivity contribution in [2.45, 2.75) is 13.3 Å². The number of hydrogen-bond acceptors (Lipinski definition) is 3. The zero-order chi connectivity index (χ0) is 12.5. The maximum atomic E-state index is 5.72. The number of nitrogen functional groups attached to an aromatic ring is 1. The second-order valence-electron chi connectivity index (χ2n) is 4.50. The summed E-state index contributed by atoms with van der Waals surface area (Å²) in [5.74, 6) is 0.722. The summed E-state index contributed by atoms with van der Waals surface area (Å²) >= 11 is 0. The van der Waals surface area contributed by atoms with Crippen LogP contribution in [-0.4, -0.2) is 4.98 Å². The van der Waals surface area contributed by atoms with Gasteiger partial charge in [0.15, 0.2) is 11.5 Å².